The van der Waals surface area contributed by atoms with Crippen LogP contribution in [-0.2, 0) is 16.1 Å². The minimum Gasteiger partial charge on any atom is -0.497 e. The number of carbonyl (C=O) groups is 1. The van der Waals surface area contributed by atoms with Crippen LogP contribution >= 0.6 is 24.2 Å². The number of benzene rings is 1. The number of rotatable bonds is 7. The van der Waals surface area contributed by atoms with Gasteiger partial charge in [0.15, 0.2) is 0 Å². The second-order valence-electron chi connectivity index (χ2n) is 5.01. The van der Waals surface area contributed by atoms with Crippen LogP contribution in [0.4, 0.5) is 0 Å². The summed E-state index contributed by atoms with van der Waals surface area (Å²) < 4.78 is 12.4. The van der Waals surface area contributed by atoms with Crippen molar-refractivity contribution in [3.05, 3.63) is 42.0 Å². The van der Waals surface area contributed by atoms with Gasteiger partial charge in [-0.3, -0.25) is 9.10 Å². The van der Waals surface area contributed by atoms with E-state index in [0.29, 0.717) is 30.4 Å². The number of nitrogens with zero attached hydrogens (tertiary/aromatic N) is 1. The van der Waals surface area contributed by atoms with Gasteiger partial charge >= 0.3 is 0 Å². The molecule has 0 saturated heterocycles. The van der Waals surface area contributed by atoms with Crippen molar-refractivity contribution in [2.45, 2.75) is 33.2 Å². The second kappa shape index (κ2) is 10.3. The number of amides is 1. The van der Waals surface area contributed by atoms with Gasteiger partial charge in [-0.2, -0.15) is 0 Å². The van der Waals surface area contributed by atoms with Gasteiger partial charge in [0.1, 0.15) is 5.75 Å². The molecule has 0 aromatic heterocycles. The normalized spacial score (nSPS) is 10.0. The molecule has 0 atom stereocenters. The number of ether oxygens (including phenoxy) is 2. The van der Waals surface area contributed by atoms with E-state index in [1.54, 1.807) is 11.4 Å². The van der Waals surface area contributed by atoms with E-state index in [0.717, 1.165) is 16.9 Å². The summed E-state index contributed by atoms with van der Waals surface area (Å²) >= 11 is 6.32. The number of hydrogen-bond acceptors (Lipinski definition) is 5. The first kappa shape index (κ1) is 19.5. The van der Waals surface area contributed by atoms with Gasteiger partial charge in [0.2, 0.25) is 10.3 Å². The largest absolute Gasteiger partial charge is 0.497 e. The van der Waals surface area contributed by atoms with E-state index in [-0.39, 0.29) is 5.91 Å². The Morgan fingerprint density at radius 2 is 1.96 bits per heavy atom. The molecule has 1 aromatic carbocycles. The third-order valence-electron chi connectivity index (χ3n) is 2.98. The van der Waals surface area contributed by atoms with Crippen molar-refractivity contribution in [1.82, 2.24) is 4.31 Å². The zero-order valence-electron chi connectivity index (χ0n) is 13.8. The summed E-state index contributed by atoms with van der Waals surface area (Å²) in [5, 5.41) is 0. The van der Waals surface area contributed by atoms with Crippen molar-refractivity contribution in [1.29, 1.82) is 0 Å². The molecule has 23 heavy (non-hydrogen) atoms. The van der Waals surface area contributed by atoms with E-state index in [2.05, 4.69) is 6.58 Å². The highest BCUT2D eigenvalue weighted by molar-refractivity contribution is 8.21. The van der Waals surface area contributed by atoms with Gasteiger partial charge in [0.05, 0.1) is 20.3 Å². The van der Waals surface area contributed by atoms with Crippen LogP contribution in [0, 0.1) is 0 Å². The first-order valence-electron chi connectivity index (χ1n) is 7.38. The molecule has 0 aliphatic carbocycles. The molecule has 6 heteroatoms. The zero-order chi connectivity index (χ0) is 17.2. The predicted octanol–water partition coefficient (Wildman–Crippen LogP) is 4.35. The van der Waals surface area contributed by atoms with Crippen LogP contribution in [0.2, 0.25) is 0 Å². The lowest BCUT2D eigenvalue weighted by Gasteiger charge is -2.21. The Hall–Kier alpha value is -1.53. The van der Waals surface area contributed by atoms with Crippen LogP contribution < -0.4 is 4.74 Å². The lowest BCUT2D eigenvalue weighted by atomic mass is 10.2. The van der Waals surface area contributed by atoms with E-state index in [1.165, 1.54) is 11.9 Å². The first-order valence-corrected chi connectivity index (χ1v) is 8.56. The van der Waals surface area contributed by atoms with Gasteiger partial charge in [-0.05, 0) is 50.2 Å². The molecule has 126 valence electrons. The van der Waals surface area contributed by atoms with E-state index >= 15 is 0 Å². The summed E-state index contributed by atoms with van der Waals surface area (Å²) in [6.07, 6.45) is 1.08. The van der Waals surface area contributed by atoms with Crippen molar-refractivity contribution < 1.29 is 14.3 Å². The van der Waals surface area contributed by atoms with E-state index in [4.69, 9.17) is 21.7 Å². The SMILES string of the molecule is C=C(C)CCC(=O)N(Cc1ccc(OC)cc1)SC(=S)OCC. The lowest BCUT2D eigenvalue weighted by molar-refractivity contribution is -0.126. The van der Waals surface area contributed by atoms with Gasteiger partial charge < -0.3 is 9.47 Å². The summed E-state index contributed by atoms with van der Waals surface area (Å²) in [6, 6.07) is 7.61. The molecule has 0 spiro atoms. The molecule has 0 N–H and O–H groups in total. The highest BCUT2D eigenvalue weighted by Crippen LogP contribution is 2.21. The Morgan fingerprint density at radius 1 is 1.30 bits per heavy atom. The fraction of sp³-hybridized carbons (Fsp3) is 0.412. The molecule has 0 bridgehead atoms. The molecule has 4 nitrogen and oxygen atoms in total. The van der Waals surface area contributed by atoms with Crippen molar-refractivity contribution in [2.75, 3.05) is 13.7 Å². The van der Waals surface area contributed by atoms with Crippen LogP contribution in [0.15, 0.2) is 36.4 Å². The van der Waals surface area contributed by atoms with Crippen LogP contribution in [0.25, 0.3) is 0 Å². The van der Waals surface area contributed by atoms with Crippen molar-refractivity contribution in [3.63, 3.8) is 0 Å². The Morgan fingerprint density at radius 3 is 2.48 bits per heavy atom. The van der Waals surface area contributed by atoms with Crippen LogP contribution in [-0.4, -0.2) is 28.3 Å². The molecule has 0 aliphatic rings. The Labute approximate surface area is 148 Å². The molecule has 0 heterocycles. The maximum absolute atomic E-state index is 12.4. The van der Waals surface area contributed by atoms with E-state index in [9.17, 15) is 4.79 Å². The average molecular weight is 354 g/mol. The van der Waals surface area contributed by atoms with Crippen LogP contribution in [0.1, 0.15) is 32.3 Å². The highest BCUT2D eigenvalue weighted by Gasteiger charge is 2.17. The van der Waals surface area contributed by atoms with E-state index < -0.39 is 0 Å². The third-order valence-corrected chi connectivity index (χ3v) is 4.14. The molecular weight excluding hydrogens is 330 g/mol. The molecule has 1 aromatic rings. The van der Waals surface area contributed by atoms with Crippen molar-refractivity contribution in [3.8, 4) is 5.75 Å². The van der Waals surface area contributed by atoms with E-state index in [1.807, 2.05) is 38.1 Å². The molecule has 0 unspecified atom stereocenters. The maximum atomic E-state index is 12.4. The number of allylic oxidation sites excluding steroid dienone is 1. The fourth-order valence-corrected chi connectivity index (χ4v) is 2.89. The summed E-state index contributed by atoms with van der Waals surface area (Å²) in [6.45, 7) is 8.56. The van der Waals surface area contributed by atoms with Gasteiger partial charge in [-0.25, -0.2) is 0 Å². The minimum absolute atomic E-state index is 0.0101. The van der Waals surface area contributed by atoms with Gasteiger partial charge in [0, 0.05) is 18.4 Å². The number of methoxy groups -OCH3 is 1. The molecule has 0 aliphatic heterocycles. The quantitative estimate of drug-likeness (QED) is 0.414. The minimum atomic E-state index is 0.0101. The molecule has 1 rings (SSSR count). The van der Waals surface area contributed by atoms with Gasteiger partial charge in [-0.1, -0.05) is 17.7 Å². The molecule has 0 saturated carbocycles. The zero-order valence-corrected chi connectivity index (χ0v) is 15.5. The smallest absolute Gasteiger partial charge is 0.241 e. The predicted molar refractivity (Wildman–Crippen MR) is 99.4 cm³/mol. The number of hydrogen-bond donors (Lipinski definition) is 0. The Balaban J connectivity index is 2.77. The summed E-state index contributed by atoms with van der Waals surface area (Å²) in [7, 11) is 1.62. The Kier molecular flexibility index (Phi) is 8.73. The topological polar surface area (TPSA) is 38.8 Å². The lowest BCUT2D eigenvalue weighted by Crippen LogP contribution is -2.25. The first-order chi connectivity index (χ1) is 11.0. The number of carbonyl (C=O) groups excluding carboxylic acids is 1. The monoisotopic (exact) mass is 353 g/mol. The highest BCUT2D eigenvalue weighted by atomic mass is 32.2. The van der Waals surface area contributed by atoms with Gasteiger partial charge in [0.25, 0.3) is 0 Å². The molecule has 1 amide bonds. The van der Waals surface area contributed by atoms with Crippen LogP contribution in [0.5, 0.6) is 5.75 Å². The molecule has 0 radical (unpaired) electrons. The fourth-order valence-electron chi connectivity index (χ4n) is 1.75. The summed E-state index contributed by atoms with van der Waals surface area (Å²) in [5.41, 5.74) is 1.99. The third kappa shape index (κ3) is 7.52. The molecule has 0 fully saturated rings. The van der Waals surface area contributed by atoms with Crippen molar-refractivity contribution >= 4 is 34.5 Å². The second-order valence-corrected chi connectivity index (χ2v) is 6.63. The summed E-state index contributed by atoms with van der Waals surface area (Å²) in [4.78, 5) is 12.4. The average Bonchev–Trinajstić information content (AvgIpc) is 2.52. The number of thiocarbonyl (C=S) groups is 1. The standard InChI is InChI=1S/C17H23NO3S2/c1-5-21-17(22)23-18(16(19)11-6-13(2)3)12-14-7-9-15(20-4)10-8-14/h7-10H,2,5-6,11-12H2,1,3-4H3. The van der Waals surface area contributed by atoms with Crippen molar-refractivity contribution in [2.24, 2.45) is 0 Å². The Bertz CT molecular complexity index is 543. The molecular formula is C17H23NO3S2. The van der Waals surface area contributed by atoms with Gasteiger partial charge in [-0.15, -0.1) is 6.58 Å². The summed E-state index contributed by atoms with van der Waals surface area (Å²) in [5.74, 6) is 0.794. The maximum Gasteiger partial charge on any atom is 0.241 e. The van der Waals surface area contributed by atoms with Crippen LogP contribution in [0.3, 0.4) is 0 Å².